The van der Waals surface area contributed by atoms with E-state index >= 15 is 0 Å². The molecule has 0 bridgehead atoms. The number of esters is 1. The van der Waals surface area contributed by atoms with Gasteiger partial charge in [0.15, 0.2) is 5.71 Å². The summed E-state index contributed by atoms with van der Waals surface area (Å²) in [5, 5.41) is 27.0. The van der Waals surface area contributed by atoms with Crippen LogP contribution in [0, 0.1) is 18.3 Å². The van der Waals surface area contributed by atoms with Gasteiger partial charge in [-0.1, -0.05) is 59.1 Å². The summed E-state index contributed by atoms with van der Waals surface area (Å²) < 4.78 is 5.88. The third-order valence-electron chi connectivity index (χ3n) is 5.23. The van der Waals surface area contributed by atoms with Crippen LogP contribution in [0.2, 0.25) is 15.1 Å². The smallest absolute Gasteiger partial charge is 0.359 e. The summed E-state index contributed by atoms with van der Waals surface area (Å²) in [6.07, 6.45) is 7.19. The molecule has 1 aliphatic heterocycles. The monoisotopic (exact) mass is 559 g/mol. The first-order valence-corrected chi connectivity index (χ1v) is 11.8. The van der Waals surface area contributed by atoms with Crippen molar-refractivity contribution in [1.82, 2.24) is 4.57 Å². The van der Waals surface area contributed by atoms with Crippen molar-refractivity contribution in [2.45, 2.75) is 13.8 Å². The van der Waals surface area contributed by atoms with Crippen LogP contribution in [0.4, 0.5) is 5.69 Å². The number of anilines is 1. The number of pyridine rings is 1. The van der Waals surface area contributed by atoms with Gasteiger partial charge >= 0.3 is 5.97 Å². The van der Waals surface area contributed by atoms with Crippen molar-refractivity contribution in [3.8, 4) is 11.9 Å². The minimum absolute atomic E-state index is 0.0493. The van der Waals surface area contributed by atoms with Crippen LogP contribution in [0.3, 0.4) is 0 Å². The van der Waals surface area contributed by atoms with Crippen LogP contribution in [-0.4, -0.2) is 28.8 Å². The van der Waals surface area contributed by atoms with Crippen molar-refractivity contribution in [1.29, 1.82) is 5.26 Å². The fourth-order valence-electron chi connectivity index (χ4n) is 3.40. The van der Waals surface area contributed by atoms with Gasteiger partial charge in [0.1, 0.15) is 17.3 Å². The normalized spacial score (nSPS) is 14.6. The first-order valence-electron chi connectivity index (χ1n) is 10.6. The number of hydrazone groups is 1. The molecule has 0 radical (unpaired) electrons. The molecule has 0 atom stereocenters. The summed E-state index contributed by atoms with van der Waals surface area (Å²) in [6, 6.07) is 4.57. The number of nitriles is 1. The van der Waals surface area contributed by atoms with Gasteiger partial charge in [0.05, 0.1) is 22.2 Å². The molecule has 0 unspecified atom stereocenters. The molecule has 0 N–H and O–H groups in total. The predicted octanol–water partition coefficient (Wildman–Crippen LogP) is 4.06. The Morgan fingerprint density at radius 2 is 1.84 bits per heavy atom. The van der Waals surface area contributed by atoms with E-state index in [0.29, 0.717) is 0 Å². The SMILES string of the molecule is CCOC(=O)C1=NN(c2c(Cl)cc(Cl)cc2Cl)C(=O)/C1=C\C=CC=Cc1c(C)c(C#N)c(=O)n(C)c1[O-]. The zero-order chi connectivity index (χ0) is 27.4. The van der Waals surface area contributed by atoms with E-state index in [1.54, 1.807) is 6.92 Å². The highest BCUT2D eigenvalue weighted by atomic mass is 35.5. The van der Waals surface area contributed by atoms with Crippen molar-refractivity contribution in [2.24, 2.45) is 12.1 Å². The molecule has 9 nitrogen and oxygen atoms in total. The minimum atomic E-state index is -0.824. The number of rotatable bonds is 6. The molecule has 2 heterocycles. The Hall–Kier alpha value is -3.84. The Labute approximate surface area is 226 Å². The lowest BCUT2D eigenvalue weighted by Crippen LogP contribution is -2.25. The molecule has 0 spiro atoms. The zero-order valence-corrected chi connectivity index (χ0v) is 22.0. The van der Waals surface area contributed by atoms with Gasteiger partial charge in [-0.3, -0.25) is 9.59 Å². The van der Waals surface area contributed by atoms with E-state index in [1.807, 2.05) is 6.07 Å². The maximum Gasteiger partial charge on any atom is 0.359 e. The van der Waals surface area contributed by atoms with E-state index < -0.39 is 23.3 Å². The lowest BCUT2D eigenvalue weighted by Gasteiger charge is -2.18. The van der Waals surface area contributed by atoms with Gasteiger partial charge in [0, 0.05) is 12.1 Å². The van der Waals surface area contributed by atoms with Crippen LogP contribution >= 0.6 is 34.8 Å². The maximum absolute atomic E-state index is 13.2. The Balaban J connectivity index is 1.97. The Morgan fingerprint density at radius 3 is 2.43 bits per heavy atom. The second kappa shape index (κ2) is 11.5. The van der Waals surface area contributed by atoms with Gasteiger partial charge in [0.2, 0.25) is 0 Å². The molecule has 1 aliphatic rings. The fraction of sp³-hybridized carbons (Fsp3) is 0.160. The van der Waals surface area contributed by atoms with Crippen LogP contribution in [0.5, 0.6) is 5.88 Å². The van der Waals surface area contributed by atoms with E-state index in [1.165, 1.54) is 56.5 Å². The van der Waals surface area contributed by atoms with Gasteiger partial charge in [-0.05, 0) is 49.1 Å². The van der Waals surface area contributed by atoms with Gasteiger partial charge in [-0.25, -0.2) is 4.79 Å². The molecular formula is C25H18Cl3N4O5-. The Bertz CT molecular complexity index is 1510. The molecule has 12 heteroatoms. The van der Waals surface area contributed by atoms with E-state index in [0.717, 1.165) is 9.58 Å². The van der Waals surface area contributed by atoms with Crippen LogP contribution in [0.15, 0.2) is 51.9 Å². The minimum Gasteiger partial charge on any atom is -0.860 e. The van der Waals surface area contributed by atoms with Crippen LogP contribution in [-0.2, 0) is 21.4 Å². The van der Waals surface area contributed by atoms with Gasteiger partial charge in [-0.15, -0.1) is 0 Å². The highest BCUT2D eigenvalue weighted by molar-refractivity contribution is 6.54. The van der Waals surface area contributed by atoms with E-state index in [9.17, 15) is 24.8 Å². The molecular weight excluding hydrogens is 543 g/mol. The second-order valence-electron chi connectivity index (χ2n) is 7.52. The number of carbonyl (C=O) groups is 2. The number of halogens is 3. The number of amides is 1. The van der Waals surface area contributed by atoms with Crippen molar-refractivity contribution < 1.29 is 19.4 Å². The third-order valence-corrected chi connectivity index (χ3v) is 6.03. The van der Waals surface area contributed by atoms with Crippen molar-refractivity contribution in [3.05, 3.63) is 84.1 Å². The third kappa shape index (κ3) is 5.47. The summed E-state index contributed by atoms with van der Waals surface area (Å²) in [7, 11) is 1.29. The number of hydrogen-bond donors (Lipinski definition) is 0. The average Bonchev–Trinajstić information content (AvgIpc) is 3.15. The number of carbonyl (C=O) groups excluding carboxylic acids is 2. The lowest BCUT2D eigenvalue weighted by atomic mass is 10.0. The summed E-state index contributed by atoms with van der Waals surface area (Å²) in [5.41, 5.74) is -0.656. The molecule has 0 aliphatic carbocycles. The first kappa shape index (κ1) is 27.7. The molecule has 37 heavy (non-hydrogen) atoms. The highest BCUT2D eigenvalue weighted by Gasteiger charge is 2.37. The number of ether oxygens (including phenoxy) is 1. The van der Waals surface area contributed by atoms with Gasteiger partial charge in [0.25, 0.3) is 11.5 Å². The highest BCUT2D eigenvalue weighted by Crippen LogP contribution is 2.39. The number of allylic oxidation sites excluding steroid dienone is 4. The predicted molar refractivity (Wildman–Crippen MR) is 140 cm³/mol. The van der Waals surface area contributed by atoms with E-state index in [4.69, 9.17) is 39.5 Å². The fourth-order valence-corrected chi connectivity index (χ4v) is 4.37. The summed E-state index contributed by atoms with van der Waals surface area (Å²) in [4.78, 5) is 37.7. The lowest BCUT2D eigenvalue weighted by molar-refractivity contribution is -0.279. The first-order chi connectivity index (χ1) is 17.5. The van der Waals surface area contributed by atoms with Crippen LogP contribution < -0.4 is 15.7 Å². The number of aromatic nitrogens is 1. The molecule has 3 rings (SSSR count). The molecule has 2 aromatic rings. The summed E-state index contributed by atoms with van der Waals surface area (Å²) in [6.45, 7) is 3.17. The Morgan fingerprint density at radius 1 is 1.19 bits per heavy atom. The zero-order valence-electron chi connectivity index (χ0n) is 19.7. The van der Waals surface area contributed by atoms with E-state index in [-0.39, 0.29) is 55.3 Å². The summed E-state index contributed by atoms with van der Waals surface area (Å²) >= 11 is 18.4. The molecule has 1 aromatic heterocycles. The van der Waals surface area contributed by atoms with Crippen molar-refractivity contribution in [2.75, 3.05) is 11.6 Å². The van der Waals surface area contributed by atoms with Crippen LogP contribution in [0.1, 0.15) is 23.6 Å². The topological polar surface area (TPSA) is 128 Å². The molecule has 0 saturated carbocycles. The number of benzene rings is 1. The quantitative estimate of drug-likeness (QED) is 0.298. The maximum atomic E-state index is 13.2. The molecule has 1 amide bonds. The number of nitrogens with zero attached hydrogens (tertiary/aromatic N) is 4. The van der Waals surface area contributed by atoms with E-state index in [2.05, 4.69) is 5.10 Å². The van der Waals surface area contributed by atoms with Gasteiger partial charge in [-0.2, -0.15) is 15.4 Å². The van der Waals surface area contributed by atoms with Crippen LogP contribution in [0.25, 0.3) is 6.08 Å². The molecule has 1 aromatic carbocycles. The van der Waals surface area contributed by atoms with Crippen molar-refractivity contribution in [3.63, 3.8) is 0 Å². The molecule has 0 saturated heterocycles. The Kier molecular flexibility index (Phi) is 8.61. The second-order valence-corrected chi connectivity index (χ2v) is 8.77. The largest absolute Gasteiger partial charge is 0.860 e. The number of hydrogen-bond acceptors (Lipinski definition) is 7. The molecule has 0 fully saturated rings. The summed E-state index contributed by atoms with van der Waals surface area (Å²) in [5.74, 6) is -2.06. The standard InChI is InChI=1S/C25H19Cl3N4O5/c1-4-37-25(36)20-16(24(35)32(30-20)21-18(27)10-14(26)11-19(21)28)9-7-5-6-8-15-13(2)17(12-29)23(34)31(3)22(15)33/h5-11,33H,4H2,1-3H3/p-1/b7-5?,8-6?,16-9-. The van der Waals surface area contributed by atoms with Gasteiger partial charge < -0.3 is 14.4 Å². The molecule has 190 valence electrons. The average molecular weight is 561 g/mol. The van der Waals surface area contributed by atoms with Crippen molar-refractivity contribution >= 4 is 64.2 Å².